The molecule has 25 heavy (non-hydrogen) atoms. The molecule has 1 fully saturated rings. The molecule has 0 aromatic heterocycles. The van der Waals surface area contributed by atoms with Crippen LogP contribution in [0, 0.1) is 0 Å². The fourth-order valence-electron chi connectivity index (χ4n) is 2.63. The average molecular weight is 364 g/mol. The Labute approximate surface area is 147 Å². The lowest BCUT2D eigenvalue weighted by Gasteiger charge is -2.48. The second kappa shape index (κ2) is 7.06. The summed E-state index contributed by atoms with van der Waals surface area (Å²) in [7, 11) is 1.36. The minimum Gasteiger partial charge on any atom is -0.498 e. The zero-order chi connectivity index (χ0) is 18.0. The van der Waals surface area contributed by atoms with E-state index in [9.17, 15) is 19.5 Å². The second-order valence-corrected chi connectivity index (χ2v) is 6.44. The van der Waals surface area contributed by atoms with Crippen LogP contribution in [0.3, 0.4) is 0 Å². The first-order chi connectivity index (χ1) is 12.0. The van der Waals surface area contributed by atoms with Gasteiger partial charge in [-0.2, -0.15) is 0 Å². The predicted molar refractivity (Wildman–Crippen MR) is 88.6 cm³/mol. The molecule has 0 radical (unpaired) electrons. The number of fused-ring (bicyclic) bond motifs is 1. The Balaban J connectivity index is 1.61. The zero-order valence-corrected chi connectivity index (χ0v) is 14.1. The summed E-state index contributed by atoms with van der Waals surface area (Å²) >= 11 is 1.34. The van der Waals surface area contributed by atoms with Gasteiger partial charge in [0.15, 0.2) is 12.3 Å². The fourth-order valence-corrected chi connectivity index (χ4v) is 3.94. The van der Waals surface area contributed by atoms with Crippen LogP contribution in [0.2, 0.25) is 0 Å². The summed E-state index contributed by atoms with van der Waals surface area (Å²) in [6, 6.07) is 8.06. The van der Waals surface area contributed by atoms with Crippen molar-refractivity contribution in [1.82, 2.24) is 10.2 Å². The topological polar surface area (TPSA) is 105 Å². The number of carbonyl (C=O) groups excluding carboxylic acids is 2. The molecule has 0 saturated carbocycles. The highest BCUT2D eigenvalue weighted by Crippen LogP contribution is 2.40. The van der Waals surface area contributed by atoms with Gasteiger partial charge >= 0.3 is 5.97 Å². The van der Waals surface area contributed by atoms with Gasteiger partial charge in [0.2, 0.25) is 0 Å². The van der Waals surface area contributed by atoms with E-state index in [1.54, 1.807) is 24.3 Å². The molecule has 1 saturated heterocycles. The maximum atomic E-state index is 12.3. The molecule has 2 aliphatic heterocycles. The normalized spacial score (nSPS) is 22.0. The third-order valence-electron chi connectivity index (χ3n) is 3.81. The monoisotopic (exact) mass is 364 g/mol. The van der Waals surface area contributed by atoms with Gasteiger partial charge in [-0.25, -0.2) is 4.79 Å². The van der Waals surface area contributed by atoms with Gasteiger partial charge < -0.3 is 19.9 Å². The SMILES string of the molecule is COC1=C(C(=O)O)N2C(=O)[C@@H](NC(=O)COc3ccccc3)[C@H]2SC1. The molecule has 2 aliphatic rings. The van der Waals surface area contributed by atoms with Crippen molar-refractivity contribution in [2.75, 3.05) is 19.5 Å². The molecule has 9 heteroatoms. The lowest BCUT2D eigenvalue weighted by Crippen LogP contribution is -2.70. The van der Waals surface area contributed by atoms with Gasteiger partial charge in [0, 0.05) is 0 Å². The number of para-hydroxylation sites is 1. The fraction of sp³-hybridized carbons (Fsp3) is 0.312. The molecule has 0 aliphatic carbocycles. The molecule has 132 valence electrons. The van der Waals surface area contributed by atoms with Gasteiger partial charge in [0.1, 0.15) is 22.9 Å². The van der Waals surface area contributed by atoms with Crippen LogP contribution >= 0.6 is 11.8 Å². The number of carbonyl (C=O) groups is 3. The Bertz CT molecular complexity index is 735. The van der Waals surface area contributed by atoms with E-state index >= 15 is 0 Å². The number of carboxylic acids is 1. The van der Waals surface area contributed by atoms with E-state index in [0.717, 1.165) is 4.90 Å². The highest BCUT2D eigenvalue weighted by molar-refractivity contribution is 8.00. The number of hydrogen-bond donors (Lipinski definition) is 2. The number of hydrogen-bond acceptors (Lipinski definition) is 6. The summed E-state index contributed by atoms with van der Waals surface area (Å²) in [5.41, 5.74) is -0.165. The van der Waals surface area contributed by atoms with Crippen molar-refractivity contribution in [2.24, 2.45) is 0 Å². The smallest absolute Gasteiger partial charge is 0.356 e. The first-order valence-electron chi connectivity index (χ1n) is 7.45. The minimum absolute atomic E-state index is 0.165. The molecule has 0 bridgehead atoms. The van der Waals surface area contributed by atoms with Crippen molar-refractivity contribution >= 4 is 29.5 Å². The van der Waals surface area contributed by atoms with Gasteiger partial charge in [0.05, 0.1) is 12.9 Å². The third-order valence-corrected chi connectivity index (χ3v) is 5.07. The number of aliphatic carboxylic acids is 1. The summed E-state index contributed by atoms with van der Waals surface area (Å²) in [6.07, 6.45) is 0. The standard InChI is InChI=1S/C16H16N2O6S/c1-23-10-8-25-15-12(14(20)18(15)13(10)16(21)22)17-11(19)7-24-9-5-3-2-4-6-9/h2-6,12,15H,7-8H2,1H3,(H,17,19)(H,21,22)/t12-,15-/m1/s1. The largest absolute Gasteiger partial charge is 0.498 e. The van der Waals surface area contributed by atoms with Crippen molar-refractivity contribution in [3.8, 4) is 5.75 Å². The number of β-lactam (4-membered cyclic amide) rings is 1. The molecule has 0 spiro atoms. The zero-order valence-electron chi connectivity index (χ0n) is 13.3. The van der Waals surface area contributed by atoms with Gasteiger partial charge in [-0.15, -0.1) is 11.8 Å². The first kappa shape index (κ1) is 17.2. The number of methoxy groups -OCH3 is 1. The summed E-state index contributed by atoms with van der Waals surface area (Å²) in [4.78, 5) is 36.8. The Morgan fingerprint density at radius 3 is 2.72 bits per heavy atom. The molecule has 3 rings (SSSR count). The second-order valence-electron chi connectivity index (χ2n) is 5.34. The summed E-state index contributed by atoms with van der Waals surface area (Å²) in [5, 5.41) is 11.4. The quantitative estimate of drug-likeness (QED) is 0.704. The van der Waals surface area contributed by atoms with E-state index in [1.165, 1.54) is 18.9 Å². The summed E-state index contributed by atoms with van der Waals surface area (Å²) in [6.45, 7) is -0.226. The Kier molecular flexibility index (Phi) is 4.84. The number of nitrogens with one attached hydrogen (secondary N) is 1. The molecule has 2 amide bonds. The molecular weight excluding hydrogens is 348 g/mol. The molecule has 2 atom stereocenters. The van der Waals surface area contributed by atoms with Crippen LogP contribution in [0.4, 0.5) is 0 Å². The lowest BCUT2D eigenvalue weighted by atomic mass is 10.0. The van der Waals surface area contributed by atoms with Gasteiger partial charge in [0.25, 0.3) is 11.8 Å². The maximum Gasteiger partial charge on any atom is 0.356 e. The van der Waals surface area contributed by atoms with E-state index in [4.69, 9.17) is 9.47 Å². The van der Waals surface area contributed by atoms with Crippen LogP contribution in [0.15, 0.2) is 41.8 Å². The predicted octanol–water partition coefficient (Wildman–Crippen LogP) is 0.408. The number of amides is 2. The Morgan fingerprint density at radius 2 is 2.08 bits per heavy atom. The molecule has 2 heterocycles. The van der Waals surface area contributed by atoms with Crippen LogP contribution < -0.4 is 10.1 Å². The van der Waals surface area contributed by atoms with Crippen LogP contribution in [-0.4, -0.2) is 58.7 Å². The molecule has 2 N–H and O–H groups in total. The lowest BCUT2D eigenvalue weighted by molar-refractivity contribution is -0.151. The van der Waals surface area contributed by atoms with E-state index in [1.807, 2.05) is 6.07 Å². The van der Waals surface area contributed by atoms with Crippen LogP contribution in [0.25, 0.3) is 0 Å². The maximum absolute atomic E-state index is 12.3. The highest BCUT2D eigenvalue weighted by atomic mass is 32.2. The number of rotatable bonds is 6. The van der Waals surface area contributed by atoms with Crippen LogP contribution in [0.5, 0.6) is 5.75 Å². The number of carboxylic acid groups (broad SMARTS) is 1. The van der Waals surface area contributed by atoms with E-state index in [-0.39, 0.29) is 18.1 Å². The number of benzene rings is 1. The van der Waals surface area contributed by atoms with Crippen LogP contribution in [-0.2, 0) is 19.1 Å². The molecule has 0 unspecified atom stereocenters. The average Bonchev–Trinajstić information content (AvgIpc) is 2.63. The van der Waals surface area contributed by atoms with Gasteiger partial charge in [-0.05, 0) is 12.1 Å². The molecule has 1 aromatic rings. The Hall–Kier alpha value is -2.68. The number of thioether (sulfide) groups is 1. The molecule has 8 nitrogen and oxygen atoms in total. The van der Waals surface area contributed by atoms with Crippen molar-refractivity contribution in [3.05, 3.63) is 41.8 Å². The van der Waals surface area contributed by atoms with Crippen molar-refractivity contribution in [1.29, 1.82) is 0 Å². The number of ether oxygens (including phenoxy) is 2. The van der Waals surface area contributed by atoms with E-state index in [0.29, 0.717) is 11.5 Å². The van der Waals surface area contributed by atoms with Crippen molar-refractivity contribution in [2.45, 2.75) is 11.4 Å². The Morgan fingerprint density at radius 1 is 1.36 bits per heavy atom. The van der Waals surface area contributed by atoms with Crippen LogP contribution in [0.1, 0.15) is 0 Å². The highest BCUT2D eigenvalue weighted by Gasteiger charge is 2.54. The third kappa shape index (κ3) is 3.27. The van der Waals surface area contributed by atoms with Gasteiger partial charge in [-0.1, -0.05) is 18.2 Å². The summed E-state index contributed by atoms with van der Waals surface area (Å²) in [5.74, 6) is -1.04. The van der Waals surface area contributed by atoms with Crippen molar-refractivity contribution in [3.63, 3.8) is 0 Å². The first-order valence-corrected chi connectivity index (χ1v) is 8.50. The van der Waals surface area contributed by atoms with E-state index < -0.39 is 29.2 Å². The van der Waals surface area contributed by atoms with Gasteiger partial charge in [-0.3, -0.25) is 14.5 Å². The summed E-state index contributed by atoms with van der Waals surface area (Å²) < 4.78 is 10.4. The molecular formula is C16H16N2O6S. The van der Waals surface area contributed by atoms with Crippen molar-refractivity contribution < 1.29 is 29.0 Å². The van der Waals surface area contributed by atoms with E-state index in [2.05, 4.69) is 5.32 Å². The molecule has 1 aromatic carbocycles. The minimum atomic E-state index is -1.23. The number of nitrogens with zero attached hydrogens (tertiary/aromatic N) is 1.